The van der Waals surface area contributed by atoms with Crippen molar-refractivity contribution in [3.05, 3.63) is 53.5 Å². The molecule has 31 heavy (non-hydrogen) atoms. The van der Waals surface area contributed by atoms with E-state index >= 15 is 0 Å². The fourth-order valence-electron chi connectivity index (χ4n) is 4.09. The van der Waals surface area contributed by atoms with Gasteiger partial charge in [0.05, 0.1) is 31.5 Å². The van der Waals surface area contributed by atoms with Crippen LogP contribution in [0.3, 0.4) is 0 Å². The highest BCUT2D eigenvalue weighted by Crippen LogP contribution is 2.37. The van der Waals surface area contributed by atoms with E-state index in [4.69, 9.17) is 19.4 Å². The minimum atomic E-state index is 0.103. The van der Waals surface area contributed by atoms with Crippen LogP contribution in [0.2, 0.25) is 0 Å². The molecule has 1 aromatic heterocycles. The lowest BCUT2D eigenvalue weighted by atomic mass is 10.0. The summed E-state index contributed by atoms with van der Waals surface area (Å²) in [4.78, 5) is 14.8. The summed E-state index contributed by atoms with van der Waals surface area (Å²) < 4.78 is 12.1. The van der Waals surface area contributed by atoms with Crippen molar-refractivity contribution in [1.82, 2.24) is 19.8 Å². The first-order valence-corrected chi connectivity index (χ1v) is 11.2. The third-order valence-electron chi connectivity index (χ3n) is 5.90. The highest BCUT2D eigenvalue weighted by molar-refractivity contribution is 9.10. The molecule has 0 saturated carbocycles. The zero-order chi connectivity index (χ0) is 22.0. The van der Waals surface area contributed by atoms with Gasteiger partial charge in [-0.2, -0.15) is 0 Å². The van der Waals surface area contributed by atoms with Gasteiger partial charge in [-0.15, -0.1) is 0 Å². The van der Waals surface area contributed by atoms with Crippen molar-refractivity contribution >= 4 is 26.8 Å². The minimum absolute atomic E-state index is 0.103. The molecule has 163 valence electrons. The van der Waals surface area contributed by atoms with E-state index in [2.05, 4.69) is 39.7 Å². The molecule has 2 heterocycles. The van der Waals surface area contributed by atoms with E-state index in [0.29, 0.717) is 17.3 Å². The Morgan fingerprint density at radius 1 is 1.00 bits per heavy atom. The summed E-state index contributed by atoms with van der Waals surface area (Å²) in [5, 5.41) is 0.978. The molecule has 1 aliphatic heterocycles. The Labute approximate surface area is 192 Å². The van der Waals surface area contributed by atoms with Gasteiger partial charge in [0.1, 0.15) is 0 Å². The molecule has 3 aromatic rings. The van der Waals surface area contributed by atoms with Crippen molar-refractivity contribution in [2.24, 2.45) is 0 Å². The van der Waals surface area contributed by atoms with Crippen molar-refractivity contribution in [1.29, 1.82) is 0 Å². The van der Waals surface area contributed by atoms with E-state index in [-0.39, 0.29) is 6.04 Å². The van der Waals surface area contributed by atoms with Crippen LogP contribution in [-0.4, -0.2) is 67.2 Å². The second kappa shape index (κ2) is 9.51. The number of hydrogen-bond donors (Lipinski definition) is 0. The second-order valence-corrected chi connectivity index (χ2v) is 8.72. The maximum atomic E-state index is 5.58. The fraction of sp³-hybridized carbons (Fsp3) is 0.375. The molecule has 1 aliphatic rings. The number of nitrogens with zero attached hydrogens (tertiary/aromatic N) is 4. The summed E-state index contributed by atoms with van der Waals surface area (Å²) in [7, 11) is 5.46. The van der Waals surface area contributed by atoms with Crippen LogP contribution in [-0.2, 0) is 0 Å². The van der Waals surface area contributed by atoms with E-state index in [9.17, 15) is 0 Å². The molecule has 6 nitrogen and oxygen atoms in total. The van der Waals surface area contributed by atoms with Gasteiger partial charge in [0, 0.05) is 47.7 Å². The van der Waals surface area contributed by atoms with Crippen LogP contribution in [0.1, 0.15) is 18.2 Å². The number of methoxy groups -OCH3 is 2. The lowest BCUT2D eigenvalue weighted by Crippen LogP contribution is -2.46. The maximum absolute atomic E-state index is 5.58. The van der Waals surface area contributed by atoms with Gasteiger partial charge in [0.2, 0.25) is 0 Å². The van der Waals surface area contributed by atoms with Crippen LogP contribution in [0.4, 0.5) is 0 Å². The molecule has 0 aliphatic carbocycles. The largest absolute Gasteiger partial charge is 0.493 e. The molecule has 0 amide bonds. The highest BCUT2D eigenvalue weighted by atomic mass is 79.9. The topological polar surface area (TPSA) is 50.7 Å². The monoisotopic (exact) mass is 483 g/mol. The Morgan fingerprint density at radius 3 is 2.26 bits per heavy atom. The number of fused-ring (bicyclic) bond motifs is 1. The fourth-order valence-corrected chi connectivity index (χ4v) is 4.35. The molecule has 1 saturated heterocycles. The highest BCUT2D eigenvalue weighted by Gasteiger charge is 2.27. The Balaban J connectivity index is 1.90. The SMILES string of the molecule is [CH2]CC(c1nc(-c2ccc(Br)cc2)nc2cc(OC)c(OC)cc12)N1CCN(C)CC1. The van der Waals surface area contributed by atoms with Crippen LogP contribution in [0.25, 0.3) is 22.3 Å². The molecule has 4 rings (SSSR count). The van der Waals surface area contributed by atoms with Gasteiger partial charge in [-0.3, -0.25) is 4.90 Å². The molecule has 1 atom stereocenters. The van der Waals surface area contributed by atoms with Crippen molar-refractivity contribution < 1.29 is 9.47 Å². The maximum Gasteiger partial charge on any atom is 0.162 e. The van der Waals surface area contributed by atoms with E-state index in [1.807, 2.05) is 36.4 Å². The number of benzene rings is 2. The normalized spacial score (nSPS) is 16.4. The van der Waals surface area contributed by atoms with Crippen molar-refractivity contribution in [3.63, 3.8) is 0 Å². The summed E-state index contributed by atoms with van der Waals surface area (Å²) in [6.45, 7) is 8.33. The lowest BCUT2D eigenvalue weighted by molar-refractivity contribution is 0.110. The van der Waals surface area contributed by atoms with Crippen molar-refractivity contribution in [3.8, 4) is 22.9 Å². The molecule has 1 radical (unpaired) electrons. The van der Waals surface area contributed by atoms with Gasteiger partial charge >= 0.3 is 0 Å². The number of halogens is 1. The Hall–Kier alpha value is -2.22. The first-order chi connectivity index (χ1) is 15.0. The number of likely N-dealkylation sites (N-methyl/N-ethyl adjacent to an activating group) is 1. The third kappa shape index (κ3) is 4.54. The first-order valence-electron chi connectivity index (χ1n) is 10.5. The Morgan fingerprint density at radius 2 is 1.65 bits per heavy atom. The number of hydrogen-bond acceptors (Lipinski definition) is 6. The van der Waals surface area contributed by atoms with E-state index in [1.54, 1.807) is 14.2 Å². The predicted octanol–water partition coefficient (Wildman–Crippen LogP) is 4.59. The van der Waals surface area contributed by atoms with Crippen LogP contribution >= 0.6 is 15.9 Å². The van der Waals surface area contributed by atoms with E-state index in [1.165, 1.54) is 0 Å². The van der Waals surface area contributed by atoms with Gasteiger partial charge in [-0.1, -0.05) is 35.0 Å². The molecule has 1 unspecified atom stereocenters. The average molecular weight is 484 g/mol. The van der Waals surface area contributed by atoms with Crippen molar-refractivity contribution in [2.75, 3.05) is 47.4 Å². The molecule has 2 aromatic carbocycles. The number of ether oxygens (including phenoxy) is 2. The Kier molecular flexibility index (Phi) is 6.74. The zero-order valence-electron chi connectivity index (χ0n) is 18.3. The molecule has 0 spiro atoms. The van der Waals surface area contributed by atoms with Crippen LogP contribution in [0.15, 0.2) is 40.9 Å². The second-order valence-electron chi connectivity index (χ2n) is 7.81. The minimum Gasteiger partial charge on any atom is -0.493 e. The number of piperazine rings is 1. The first kappa shape index (κ1) is 22.0. The van der Waals surface area contributed by atoms with E-state index < -0.39 is 0 Å². The smallest absolute Gasteiger partial charge is 0.162 e. The quantitative estimate of drug-likeness (QED) is 0.510. The molecular weight excluding hydrogens is 456 g/mol. The molecule has 1 fully saturated rings. The summed E-state index contributed by atoms with van der Waals surface area (Å²) >= 11 is 3.51. The van der Waals surface area contributed by atoms with Gasteiger partial charge in [0.25, 0.3) is 0 Å². The summed E-state index contributed by atoms with van der Waals surface area (Å²) in [5.41, 5.74) is 2.80. The van der Waals surface area contributed by atoms with Gasteiger partial charge < -0.3 is 14.4 Å². The average Bonchev–Trinajstić information content (AvgIpc) is 2.80. The van der Waals surface area contributed by atoms with Crippen LogP contribution in [0, 0.1) is 6.92 Å². The van der Waals surface area contributed by atoms with Crippen LogP contribution in [0.5, 0.6) is 11.5 Å². The van der Waals surface area contributed by atoms with Gasteiger partial charge in [-0.05, 0) is 31.7 Å². The molecule has 0 bridgehead atoms. The molecular formula is C24H28BrN4O2. The lowest BCUT2D eigenvalue weighted by Gasteiger charge is -2.37. The molecule has 0 N–H and O–H groups in total. The third-order valence-corrected chi connectivity index (χ3v) is 6.43. The standard InChI is InChI=1S/C24H28BrN4O2/c1-5-20(29-12-10-28(2)11-13-29)23-18-14-21(30-3)22(31-4)15-19(18)26-24(27-23)16-6-8-17(25)9-7-16/h6-9,14-15,20H,1,5,10-13H2,2-4H3. The molecule has 7 heteroatoms. The Bertz CT molecular complexity index is 1050. The van der Waals surface area contributed by atoms with Crippen molar-refractivity contribution in [2.45, 2.75) is 12.5 Å². The van der Waals surface area contributed by atoms with Gasteiger partial charge in [0.15, 0.2) is 17.3 Å². The number of aromatic nitrogens is 2. The summed E-state index contributed by atoms with van der Waals surface area (Å²) in [6, 6.07) is 12.1. The van der Waals surface area contributed by atoms with Gasteiger partial charge in [-0.25, -0.2) is 9.97 Å². The van der Waals surface area contributed by atoms with Crippen LogP contribution < -0.4 is 9.47 Å². The number of rotatable bonds is 6. The summed E-state index contributed by atoms with van der Waals surface area (Å²) in [5.74, 6) is 2.04. The summed E-state index contributed by atoms with van der Waals surface area (Å²) in [6.07, 6.45) is 0.726. The zero-order valence-corrected chi connectivity index (χ0v) is 19.9. The van der Waals surface area contributed by atoms with E-state index in [0.717, 1.165) is 59.2 Å². The predicted molar refractivity (Wildman–Crippen MR) is 128 cm³/mol.